The fourth-order valence-electron chi connectivity index (χ4n) is 1.40. The molecular formula is C10H13NO2. The molecule has 70 valence electrons. The van der Waals surface area contributed by atoms with Crippen LogP contribution in [0.25, 0.3) is 0 Å². The second-order valence-corrected chi connectivity index (χ2v) is 3.82. The normalized spacial score (nSPS) is 20.2. The first kappa shape index (κ1) is 9.71. The molecule has 0 aromatic heterocycles. The van der Waals surface area contributed by atoms with Crippen molar-refractivity contribution in [2.24, 2.45) is 5.41 Å². The van der Waals surface area contributed by atoms with Crippen LogP contribution in [0.1, 0.15) is 20.8 Å². The van der Waals surface area contributed by atoms with Crippen LogP contribution in [0.5, 0.6) is 0 Å². The summed E-state index contributed by atoms with van der Waals surface area (Å²) in [6.45, 7) is 5.80. The van der Waals surface area contributed by atoms with Crippen LogP contribution in [0, 0.1) is 15.5 Å². The van der Waals surface area contributed by atoms with Gasteiger partial charge in [0.2, 0.25) is 0 Å². The zero-order valence-corrected chi connectivity index (χ0v) is 8.07. The van der Waals surface area contributed by atoms with Gasteiger partial charge in [0.25, 0.3) is 5.70 Å². The molecule has 1 aliphatic carbocycles. The Hall–Kier alpha value is -1.38. The molecule has 0 unspecified atom stereocenters. The van der Waals surface area contributed by atoms with E-state index in [-0.39, 0.29) is 16.0 Å². The van der Waals surface area contributed by atoms with Crippen molar-refractivity contribution in [1.82, 2.24) is 0 Å². The van der Waals surface area contributed by atoms with Crippen LogP contribution in [0.15, 0.2) is 35.6 Å². The predicted molar refractivity (Wildman–Crippen MR) is 51.8 cm³/mol. The van der Waals surface area contributed by atoms with Crippen molar-refractivity contribution < 1.29 is 4.92 Å². The van der Waals surface area contributed by atoms with Crippen LogP contribution < -0.4 is 0 Å². The third kappa shape index (κ3) is 2.28. The van der Waals surface area contributed by atoms with E-state index in [4.69, 9.17) is 0 Å². The second kappa shape index (κ2) is 3.17. The first-order valence-electron chi connectivity index (χ1n) is 4.16. The van der Waals surface area contributed by atoms with Gasteiger partial charge in [0.1, 0.15) is 0 Å². The molecule has 3 heteroatoms. The Balaban J connectivity index is 3.12. The van der Waals surface area contributed by atoms with Crippen molar-refractivity contribution in [3.8, 4) is 0 Å². The predicted octanol–water partition coefficient (Wildman–Crippen LogP) is 2.69. The molecule has 0 spiro atoms. The molecule has 0 aromatic rings. The van der Waals surface area contributed by atoms with Gasteiger partial charge in [-0.3, -0.25) is 10.1 Å². The topological polar surface area (TPSA) is 43.1 Å². The van der Waals surface area contributed by atoms with Gasteiger partial charge in [-0.05, 0) is 6.92 Å². The van der Waals surface area contributed by atoms with E-state index in [0.717, 1.165) is 5.57 Å². The molecule has 1 rings (SSSR count). The van der Waals surface area contributed by atoms with Gasteiger partial charge in [-0.15, -0.1) is 0 Å². The number of hydrogen-bond donors (Lipinski definition) is 0. The molecule has 0 saturated heterocycles. The zero-order chi connectivity index (χ0) is 10.1. The molecule has 0 saturated carbocycles. The lowest BCUT2D eigenvalue weighted by molar-refractivity contribution is -0.420. The number of rotatable bonds is 1. The minimum Gasteiger partial charge on any atom is -0.258 e. The fourth-order valence-corrected chi connectivity index (χ4v) is 1.40. The summed E-state index contributed by atoms with van der Waals surface area (Å²) >= 11 is 0. The van der Waals surface area contributed by atoms with Crippen LogP contribution in [-0.4, -0.2) is 4.92 Å². The van der Waals surface area contributed by atoms with E-state index in [9.17, 15) is 10.1 Å². The van der Waals surface area contributed by atoms with Crippen LogP contribution >= 0.6 is 0 Å². The third-order valence-corrected chi connectivity index (χ3v) is 1.97. The highest BCUT2D eigenvalue weighted by molar-refractivity contribution is 5.33. The summed E-state index contributed by atoms with van der Waals surface area (Å²) in [5, 5.41) is 10.6. The maximum atomic E-state index is 10.6. The van der Waals surface area contributed by atoms with Gasteiger partial charge in [0.05, 0.1) is 4.92 Å². The second-order valence-electron chi connectivity index (χ2n) is 3.82. The van der Waals surface area contributed by atoms with E-state index in [1.807, 2.05) is 26.0 Å². The van der Waals surface area contributed by atoms with Gasteiger partial charge in [0.15, 0.2) is 0 Å². The fraction of sp³-hybridized carbons (Fsp3) is 0.400. The van der Waals surface area contributed by atoms with Gasteiger partial charge in [-0.1, -0.05) is 32.1 Å². The molecule has 0 bridgehead atoms. The summed E-state index contributed by atoms with van der Waals surface area (Å²) in [5.41, 5.74) is 0.806. The summed E-state index contributed by atoms with van der Waals surface area (Å²) in [4.78, 5) is 10.2. The molecule has 0 aromatic carbocycles. The van der Waals surface area contributed by atoms with Gasteiger partial charge >= 0.3 is 0 Å². The molecule has 0 N–H and O–H groups in total. The number of allylic oxidation sites excluding steroid dienone is 5. The van der Waals surface area contributed by atoms with E-state index in [1.165, 1.54) is 0 Å². The Morgan fingerprint density at radius 1 is 1.46 bits per heavy atom. The summed E-state index contributed by atoms with van der Waals surface area (Å²) < 4.78 is 0. The minimum atomic E-state index is -0.350. The van der Waals surface area contributed by atoms with Gasteiger partial charge in [0, 0.05) is 17.1 Å². The summed E-state index contributed by atoms with van der Waals surface area (Å²) in [6, 6.07) is 0. The van der Waals surface area contributed by atoms with Crippen molar-refractivity contribution in [1.29, 1.82) is 0 Å². The first-order chi connectivity index (χ1) is 5.92. The molecule has 0 heterocycles. The molecule has 0 amide bonds. The maximum Gasteiger partial charge on any atom is 0.271 e. The average Bonchev–Trinajstić information content (AvgIpc) is 2.06. The highest BCUT2D eigenvalue weighted by atomic mass is 16.6. The Bertz CT molecular complexity index is 322. The van der Waals surface area contributed by atoms with E-state index in [2.05, 4.69) is 0 Å². The zero-order valence-electron chi connectivity index (χ0n) is 8.07. The molecule has 0 atom stereocenters. The number of nitrogens with zero attached hydrogens (tertiary/aromatic N) is 1. The lowest BCUT2D eigenvalue weighted by Gasteiger charge is -2.13. The van der Waals surface area contributed by atoms with Crippen molar-refractivity contribution in [3.63, 3.8) is 0 Å². The smallest absolute Gasteiger partial charge is 0.258 e. The van der Waals surface area contributed by atoms with Crippen LogP contribution in [0.3, 0.4) is 0 Å². The Labute approximate surface area is 77.6 Å². The maximum absolute atomic E-state index is 10.6. The highest BCUT2D eigenvalue weighted by Gasteiger charge is 2.19. The Morgan fingerprint density at radius 3 is 2.62 bits per heavy atom. The summed E-state index contributed by atoms with van der Waals surface area (Å²) in [6.07, 6.45) is 7.14. The van der Waals surface area contributed by atoms with Gasteiger partial charge < -0.3 is 0 Å². The molecular weight excluding hydrogens is 166 g/mol. The largest absolute Gasteiger partial charge is 0.271 e. The molecule has 0 radical (unpaired) electrons. The average molecular weight is 179 g/mol. The molecule has 1 aliphatic rings. The number of hydrogen-bond acceptors (Lipinski definition) is 2. The van der Waals surface area contributed by atoms with E-state index in [1.54, 1.807) is 19.1 Å². The highest BCUT2D eigenvalue weighted by Crippen LogP contribution is 2.26. The summed E-state index contributed by atoms with van der Waals surface area (Å²) in [5.74, 6) is 0. The van der Waals surface area contributed by atoms with Crippen LogP contribution in [0.4, 0.5) is 0 Å². The van der Waals surface area contributed by atoms with Gasteiger partial charge in [-0.2, -0.15) is 0 Å². The van der Waals surface area contributed by atoms with E-state index >= 15 is 0 Å². The number of nitro groups is 1. The van der Waals surface area contributed by atoms with E-state index in [0.29, 0.717) is 0 Å². The van der Waals surface area contributed by atoms with Crippen molar-refractivity contribution in [2.75, 3.05) is 0 Å². The third-order valence-electron chi connectivity index (χ3n) is 1.97. The minimum absolute atomic E-state index is 0.0989. The standard InChI is InChI=1S/C10H13NO2/c1-8-7-10(2,3)6-4-5-9(8)11(12)13/h4-7H,1-3H3. The van der Waals surface area contributed by atoms with Crippen molar-refractivity contribution in [2.45, 2.75) is 20.8 Å². The van der Waals surface area contributed by atoms with Gasteiger partial charge in [-0.25, -0.2) is 0 Å². The SMILES string of the molecule is CC1=CC(C)(C)C=CC=C1[N+](=O)[O-]. The monoisotopic (exact) mass is 179 g/mol. The van der Waals surface area contributed by atoms with E-state index < -0.39 is 0 Å². The molecule has 0 fully saturated rings. The molecule has 0 aliphatic heterocycles. The Kier molecular flexibility index (Phi) is 2.36. The Morgan fingerprint density at radius 2 is 2.08 bits per heavy atom. The lowest BCUT2D eigenvalue weighted by atomic mass is 9.91. The first-order valence-corrected chi connectivity index (χ1v) is 4.16. The van der Waals surface area contributed by atoms with Crippen LogP contribution in [-0.2, 0) is 0 Å². The molecule has 13 heavy (non-hydrogen) atoms. The summed E-state index contributed by atoms with van der Waals surface area (Å²) in [7, 11) is 0. The van der Waals surface area contributed by atoms with Crippen LogP contribution in [0.2, 0.25) is 0 Å². The molecule has 3 nitrogen and oxygen atoms in total. The van der Waals surface area contributed by atoms with Crippen molar-refractivity contribution >= 4 is 0 Å². The quantitative estimate of drug-likeness (QED) is 0.458. The lowest BCUT2D eigenvalue weighted by Crippen LogP contribution is -2.04. The van der Waals surface area contributed by atoms with Crippen molar-refractivity contribution in [3.05, 3.63) is 45.7 Å².